The molecule has 0 heterocycles. The molecule has 0 aromatic heterocycles. The van der Waals surface area contributed by atoms with Gasteiger partial charge in [0.2, 0.25) is 5.91 Å². The van der Waals surface area contributed by atoms with E-state index in [2.05, 4.69) is 16.0 Å². The van der Waals surface area contributed by atoms with Crippen LogP contribution in [0, 0.1) is 0 Å². The molecule has 0 aliphatic heterocycles. The molecule has 1 fully saturated rings. The maximum absolute atomic E-state index is 11.1. The second-order valence-corrected chi connectivity index (χ2v) is 3.31. The van der Waals surface area contributed by atoms with Gasteiger partial charge in [-0.3, -0.25) is 4.79 Å². The zero-order valence-corrected chi connectivity index (χ0v) is 8.01. The molecule has 3 amide bonds. The number of hydrogen-bond acceptors (Lipinski definition) is 3. The fourth-order valence-electron chi connectivity index (χ4n) is 0.982. The van der Waals surface area contributed by atoms with Gasteiger partial charge in [0.1, 0.15) is 0 Å². The first-order valence-corrected chi connectivity index (χ1v) is 4.72. The molecule has 0 aromatic rings. The molecule has 0 radical (unpaired) electrons. The molecule has 6 heteroatoms. The lowest BCUT2D eigenvalue weighted by Gasteiger charge is -2.05. The Hall–Kier alpha value is -1.30. The zero-order chi connectivity index (χ0) is 10.4. The van der Waals surface area contributed by atoms with Crippen LogP contribution in [0.25, 0.3) is 0 Å². The van der Waals surface area contributed by atoms with Crippen molar-refractivity contribution in [1.82, 2.24) is 16.0 Å². The SMILES string of the molecule is NC(=O)NCCNCC(=O)NC1CC1. The van der Waals surface area contributed by atoms with E-state index in [4.69, 9.17) is 5.73 Å². The van der Waals surface area contributed by atoms with Crippen molar-refractivity contribution in [3.8, 4) is 0 Å². The molecule has 0 unspecified atom stereocenters. The van der Waals surface area contributed by atoms with Gasteiger partial charge in [-0.1, -0.05) is 0 Å². The average molecular weight is 200 g/mol. The summed E-state index contributed by atoms with van der Waals surface area (Å²) in [5.74, 6) is 0.00609. The van der Waals surface area contributed by atoms with E-state index in [1.54, 1.807) is 0 Å². The molecule has 0 bridgehead atoms. The van der Waals surface area contributed by atoms with Gasteiger partial charge in [0.25, 0.3) is 0 Å². The van der Waals surface area contributed by atoms with Gasteiger partial charge in [-0.05, 0) is 12.8 Å². The molecule has 1 rings (SSSR count). The molecular weight excluding hydrogens is 184 g/mol. The van der Waals surface area contributed by atoms with E-state index in [1.165, 1.54) is 0 Å². The number of primary amides is 1. The summed E-state index contributed by atoms with van der Waals surface area (Å²) in [6.07, 6.45) is 2.18. The van der Waals surface area contributed by atoms with Crippen LogP contribution in [0.4, 0.5) is 4.79 Å². The zero-order valence-electron chi connectivity index (χ0n) is 8.01. The van der Waals surface area contributed by atoms with Gasteiger partial charge in [-0.15, -0.1) is 0 Å². The van der Waals surface area contributed by atoms with E-state index in [0.717, 1.165) is 12.8 Å². The normalized spacial score (nSPS) is 14.9. The van der Waals surface area contributed by atoms with E-state index in [9.17, 15) is 9.59 Å². The Morgan fingerprint density at radius 2 is 2.00 bits per heavy atom. The number of carbonyl (C=O) groups excluding carboxylic acids is 2. The van der Waals surface area contributed by atoms with Crippen LogP contribution in [0.1, 0.15) is 12.8 Å². The topological polar surface area (TPSA) is 96.2 Å². The monoisotopic (exact) mass is 200 g/mol. The number of hydrogen-bond donors (Lipinski definition) is 4. The molecule has 1 saturated carbocycles. The lowest BCUT2D eigenvalue weighted by atomic mass is 10.5. The minimum atomic E-state index is -0.547. The Morgan fingerprint density at radius 3 is 2.57 bits per heavy atom. The van der Waals surface area contributed by atoms with E-state index >= 15 is 0 Å². The fourth-order valence-corrected chi connectivity index (χ4v) is 0.982. The Kier molecular flexibility index (Phi) is 4.18. The lowest BCUT2D eigenvalue weighted by molar-refractivity contribution is -0.120. The van der Waals surface area contributed by atoms with Crippen LogP contribution in [-0.4, -0.2) is 37.6 Å². The van der Waals surface area contributed by atoms with Gasteiger partial charge in [0, 0.05) is 19.1 Å². The first-order valence-electron chi connectivity index (χ1n) is 4.72. The highest BCUT2D eigenvalue weighted by molar-refractivity contribution is 5.78. The quantitative estimate of drug-likeness (QED) is 0.394. The number of nitrogens with one attached hydrogen (secondary N) is 3. The molecule has 0 spiro atoms. The summed E-state index contributed by atoms with van der Waals surface area (Å²) in [4.78, 5) is 21.4. The predicted octanol–water partition coefficient (Wildman–Crippen LogP) is -1.48. The van der Waals surface area contributed by atoms with Crippen molar-refractivity contribution < 1.29 is 9.59 Å². The smallest absolute Gasteiger partial charge is 0.312 e. The molecule has 80 valence electrons. The summed E-state index contributed by atoms with van der Waals surface area (Å²) in [6.45, 7) is 1.27. The van der Waals surface area contributed by atoms with E-state index in [0.29, 0.717) is 19.1 Å². The van der Waals surface area contributed by atoms with Crippen LogP contribution < -0.4 is 21.7 Å². The maximum Gasteiger partial charge on any atom is 0.312 e. The summed E-state index contributed by atoms with van der Waals surface area (Å²) in [5, 5.41) is 8.15. The van der Waals surface area contributed by atoms with Crippen molar-refractivity contribution in [2.45, 2.75) is 18.9 Å². The summed E-state index contributed by atoms with van der Waals surface area (Å²) in [5.41, 5.74) is 4.85. The van der Waals surface area contributed by atoms with Crippen molar-refractivity contribution in [3.05, 3.63) is 0 Å². The van der Waals surface area contributed by atoms with Crippen LogP contribution in [0.15, 0.2) is 0 Å². The lowest BCUT2D eigenvalue weighted by Crippen LogP contribution is -2.39. The fraction of sp³-hybridized carbons (Fsp3) is 0.750. The number of urea groups is 1. The summed E-state index contributed by atoms with van der Waals surface area (Å²) in [6, 6.07) is -0.151. The molecule has 6 nitrogen and oxygen atoms in total. The molecule has 1 aliphatic rings. The van der Waals surface area contributed by atoms with Crippen LogP contribution in [0.3, 0.4) is 0 Å². The summed E-state index contributed by atoms with van der Waals surface area (Å²) in [7, 11) is 0. The molecule has 5 N–H and O–H groups in total. The van der Waals surface area contributed by atoms with Crippen molar-refractivity contribution in [1.29, 1.82) is 0 Å². The number of rotatable bonds is 6. The van der Waals surface area contributed by atoms with Crippen LogP contribution in [0.2, 0.25) is 0 Å². The Morgan fingerprint density at radius 1 is 1.29 bits per heavy atom. The second kappa shape index (κ2) is 5.43. The van der Waals surface area contributed by atoms with Gasteiger partial charge in [-0.2, -0.15) is 0 Å². The number of carbonyl (C=O) groups is 2. The molecule has 14 heavy (non-hydrogen) atoms. The van der Waals surface area contributed by atoms with Gasteiger partial charge >= 0.3 is 6.03 Å². The third-order valence-electron chi connectivity index (χ3n) is 1.83. The third kappa shape index (κ3) is 5.36. The van der Waals surface area contributed by atoms with E-state index in [-0.39, 0.29) is 12.5 Å². The van der Waals surface area contributed by atoms with E-state index < -0.39 is 6.03 Å². The van der Waals surface area contributed by atoms with Crippen molar-refractivity contribution >= 4 is 11.9 Å². The third-order valence-corrected chi connectivity index (χ3v) is 1.83. The predicted molar refractivity (Wildman–Crippen MR) is 51.6 cm³/mol. The molecular formula is C8H16N4O2. The second-order valence-electron chi connectivity index (χ2n) is 3.31. The summed E-state index contributed by atoms with van der Waals surface area (Å²) < 4.78 is 0. The highest BCUT2D eigenvalue weighted by Gasteiger charge is 2.22. The summed E-state index contributed by atoms with van der Waals surface area (Å²) >= 11 is 0. The molecule has 0 atom stereocenters. The van der Waals surface area contributed by atoms with Gasteiger partial charge in [-0.25, -0.2) is 4.79 Å². The molecule has 0 aromatic carbocycles. The van der Waals surface area contributed by atoms with Crippen LogP contribution in [-0.2, 0) is 4.79 Å². The first kappa shape index (κ1) is 10.8. The van der Waals surface area contributed by atoms with Crippen molar-refractivity contribution in [3.63, 3.8) is 0 Å². The highest BCUT2D eigenvalue weighted by Crippen LogP contribution is 2.17. The van der Waals surface area contributed by atoms with Gasteiger partial charge in [0.05, 0.1) is 6.54 Å². The van der Waals surface area contributed by atoms with Crippen molar-refractivity contribution in [2.75, 3.05) is 19.6 Å². The van der Waals surface area contributed by atoms with Crippen molar-refractivity contribution in [2.24, 2.45) is 5.73 Å². The molecule has 1 aliphatic carbocycles. The Labute approximate surface area is 82.6 Å². The first-order chi connectivity index (χ1) is 6.68. The number of nitrogens with two attached hydrogens (primary N) is 1. The Bertz CT molecular complexity index is 215. The minimum absolute atomic E-state index is 0.00609. The average Bonchev–Trinajstić information content (AvgIpc) is 2.87. The van der Waals surface area contributed by atoms with E-state index in [1.807, 2.05) is 0 Å². The standard InChI is InChI=1S/C8H16N4O2/c9-8(14)11-4-3-10-5-7(13)12-6-1-2-6/h6,10H,1-5H2,(H,12,13)(H3,9,11,14). The van der Waals surface area contributed by atoms with Gasteiger partial charge in [0.15, 0.2) is 0 Å². The Balaban J connectivity index is 1.87. The molecule has 0 saturated heterocycles. The highest BCUT2D eigenvalue weighted by atomic mass is 16.2. The van der Waals surface area contributed by atoms with Gasteiger partial charge < -0.3 is 21.7 Å². The van der Waals surface area contributed by atoms with Crippen LogP contribution >= 0.6 is 0 Å². The van der Waals surface area contributed by atoms with Crippen LogP contribution in [0.5, 0.6) is 0 Å². The largest absolute Gasteiger partial charge is 0.352 e. The minimum Gasteiger partial charge on any atom is -0.352 e. The maximum atomic E-state index is 11.1. The number of amides is 3.